The third-order valence-electron chi connectivity index (χ3n) is 3.83. The first-order valence-corrected chi connectivity index (χ1v) is 9.34. The molecule has 1 fully saturated rings. The molecule has 0 bridgehead atoms. The van der Waals surface area contributed by atoms with E-state index in [0.29, 0.717) is 27.0 Å². The second-order valence-corrected chi connectivity index (χ2v) is 7.49. The molecular formula is C18H20OSe. The summed E-state index contributed by atoms with van der Waals surface area (Å²) in [5, 5.41) is 1.18. The van der Waals surface area contributed by atoms with E-state index in [0.717, 1.165) is 6.61 Å². The molecule has 20 heavy (non-hydrogen) atoms. The molecule has 2 aromatic carbocycles. The van der Waals surface area contributed by atoms with Crippen LogP contribution in [-0.4, -0.2) is 27.7 Å². The van der Waals surface area contributed by atoms with Gasteiger partial charge >= 0.3 is 127 Å². The molecule has 1 aliphatic heterocycles. The summed E-state index contributed by atoms with van der Waals surface area (Å²) in [6, 6.07) is 21.7. The van der Waals surface area contributed by atoms with Crippen molar-refractivity contribution < 1.29 is 4.74 Å². The zero-order valence-electron chi connectivity index (χ0n) is 11.6. The van der Waals surface area contributed by atoms with Crippen molar-refractivity contribution in [1.82, 2.24) is 0 Å². The van der Waals surface area contributed by atoms with Gasteiger partial charge in [-0.25, -0.2) is 0 Å². The molecule has 0 spiro atoms. The van der Waals surface area contributed by atoms with Gasteiger partial charge in [-0.1, -0.05) is 0 Å². The van der Waals surface area contributed by atoms with E-state index in [-0.39, 0.29) is 0 Å². The fourth-order valence-electron chi connectivity index (χ4n) is 2.78. The molecule has 2 aromatic rings. The molecular weight excluding hydrogens is 311 g/mol. The Labute approximate surface area is 127 Å². The van der Waals surface area contributed by atoms with Gasteiger partial charge < -0.3 is 0 Å². The molecule has 3 rings (SSSR count). The van der Waals surface area contributed by atoms with Crippen LogP contribution in [0.2, 0.25) is 5.32 Å². The zero-order valence-corrected chi connectivity index (χ0v) is 13.3. The second kappa shape index (κ2) is 7.08. The van der Waals surface area contributed by atoms with E-state index < -0.39 is 0 Å². The minimum absolute atomic E-state index is 0.395. The van der Waals surface area contributed by atoms with Gasteiger partial charge in [-0.3, -0.25) is 0 Å². The predicted molar refractivity (Wildman–Crippen MR) is 84.8 cm³/mol. The van der Waals surface area contributed by atoms with E-state index in [9.17, 15) is 0 Å². The molecule has 0 unspecified atom stereocenters. The van der Waals surface area contributed by atoms with Gasteiger partial charge in [0.25, 0.3) is 0 Å². The van der Waals surface area contributed by atoms with Crippen LogP contribution in [0.3, 0.4) is 0 Å². The molecule has 0 radical (unpaired) electrons. The summed E-state index contributed by atoms with van der Waals surface area (Å²) in [6.07, 6.45) is 2.85. The van der Waals surface area contributed by atoms with Gasteiger partial charge in [0.2, 0.25) is 0 Å². The van der Waals surface area contributed by atoms with Gasteiger partial charge in [0.1, 0.15) is 0 Å². The van der Waals surface area contributed by atoms with E-state index in [1.54, 1.807) is 0 Å². The molecule has 0 amide bonds. The zero-order chi connectivity index (χ0) is 13.6. The number of benzene rings is 2. The number of rotatable bonds is 4. The van der Waals surface area contributed by atoms with E-state index in [2.05, 4.69) is 60.7 Å². The van der Waals surface area contributed by atoms with Crippen molar-refractivity contribution in [3.63, 3.8) is 0 Å². The summed E-state index contributed by atoms with van der Waals surface area (Å²) in [5.41, 5.74) is 1.45. The Morgan fingerprint density at radius 3 is 2.40 bits per heavy atom. The fourth-order valence-corrected chi connectivity index (χ4v) is 4.95. The molecule has 2 heteroatoms. The van der Waals surface area contributed by atoms with Crippen molar-refractivity contribution in [3.05, 3.63) is 66.2 Å². The average Bonchev–Trinajstić information content (AvgIpc) is 2.55. The van der Waals surface area contributed by atoms with Crippen LogP contribution < -0.4 is 4.46 Å². The average molecular weight is 331 g/mol. The summed E-state index contributed by atoms with van der Waals surface area (Å²) in [4.78, 5) is 0. The van der Waals surface area contributed by atoms with Gasteiger partial charge in [0, 0.05) is 0 Å². The second-order valence-electron chi connectivity index (χ2n) is 5.19. The first kappa shape index (κ1) is 13.9. The summed E-state index contributed by atoms with van der Waals surface area (Å²) in [5.74, 6) is 0.579. The SMILES string of the molecule is c1ccc([Se]C[C@@H]2OCCC[C@H]2c2ccccc2)cc1. The van der Waals surface area contributed by atoms with E-state index >= 15 is 0 Å². The van der Waals surface area contributed by atoms with Crippen molar-refractivity contribution >= 4 is 19.4 Å². The Kier molecular flexibility index (Phi) is 4.91. The van der Waals surface area contributed by atoms with Crippen LogP contribution >= 0.6 is 0 Å². The van der Waals surface area contributed by atoms with Crippen LogP contribution in [0.5, 0.6) is 0 Å². The Hall–Kier alpha value is -1.08. The number of ether oxygens (including phenoxy) is 1. The summed E-state index contributed by atoms with van der Waals surface area (Å²) >= 11 is 0.510. The molecule has 0 N–H and O–H groups in total. The van der Waals surface area contributed by atoms with Crippen molar-refractivity contribution in [2.45, 2.75) is 30.2 Å². The first-order chi connectivity index (χ1) is 9.93. The Morgan fingerprint density at radius 1 is 0.950 bits per heavy atom. The van der Waals surface area contributed by atoms with Crippen LogP contribution in [0.25, 0.3) is 0 Å². The topological polar surface area (TPSA) is 9.23 Å². The van der Waals surface area contributed by atoms with Gasteiger partial charge in [0.05, 0.1) is 0 Å². The Balaban J connectivity index is 1.67. The van der Waals surface area contributed by atoms with Gasteiger partial charge in [-0.05, 0) is 0 Å². The normalized spacial score (nSPS) is 22.6. The Bertz CT molecular complexity index is 511. The number of hydrogen-bond acceptors (Lipinski definition) is 1. The molecule has 0 aromatic heterocycles. The maximum absolute atomic E-state index is 6.08. The molecule has 104 valence electrons. The van der Waals surface area contributed by atoms with Gasteiger partial charge in [0.15, 0.2) is 0 Å². The molecule has 0 aliphatic carbocycles. The molecule has 2 atom stereocenters. The van der Waals surface area contributed by atoms with Gasteiger partial charge in [-0.15, -0.1) is 0 Å². The predicted octanol–water partition coefficient (Wildman–Crippen LogP) is 3.40. The molecule has 0 saturated carbocycles. The van der Waals surface area contributed by atoms with Crippen molar-refractivity contribution in [2.75, 3.05) is 6.61 Å². The summed E-state index contributed by atoms with van der Waals surface area (Å²) in [7, 11) is 0. The molecule has 1 saturated heterocycles. The van der Waals surface area contributed by atoms with Crippen LogP contribution in [0.1, 0.15) is 24.3 Å². The van der Waals surface area contributed by atoms with Crippen LogP contribution in [-0.2, 0) is 4.74 Å². The van der Waals surface area contributed by atoms with Crippen LogP contribution in [0.4, 0.5) is 0 Å². The molecule has 1 aliphatic rings. The van der Waals surface area contributed by atoms with Crippen molar-refractivity contribution in [3.8, 4) is 0 Å². The van der Waals surface area contributed by atoms with E-state index in [4.69, 9.17) is 4.74 Å². The molecule has 1 heterocycles. The Morgan fingerprint density at radius 2 is 1.65 bits per heavy atom. The summed E-state index contributed by atoms with van der Waals surface area (Å²) in [6.45, 7) is 0.929. The number of hydrogen-bond donors (Lipinski definition) is 0. The minimum atomic E-state index is 0.395. The molecule has 1 nitrogen and oxygen atoms in total. The first-order valence-electron chi connectivity index (χ1n) is 7.28. The van der Waals surface area contributed by atoms with Crippen molar-refractivity contribution in [2.24, 2.45) is 0 Å². The fraction of sp³-hybridized carbons (Fsp3) is 0.333. The third kappa shape index (κ3) is 3.52. The van der Waals surface area contributed by atoms with Crippen molar-refractivity contribution in [1.29, 1.82) is 0 Å². The van der Waals surface area contributed by atoms with Crippen LogP contribution in [0, 0.1) is 0 Å². The quantitative estimate of drug-likeness (QED) is 0.781. The third-order valence-corrected chi connectivity index (χ3v) is 6.13. The van der Waals surface area contributed by atoms with E-state index in [1.807, 2.05) is 0 Å². The van der Waals surface area contributed by atoms with E-state index in [1.165, 1.54) is 28.2 Å². The summed E-state index contributed by atoms with van der Waals surface area (Å²) < 4.78 is 7.56. The van der Waals surface area contributed by atoms with Gasteiger partial charge in [-0.2, -0.15) is 0 Å². The maximum atomic E-state index is 6.08. The monoisotopic (exact) mass is 332 g/mol. The standard InChI is InChI=1S/C18H20OSe/c1-3-8-15(9-4-1)17-12-7-13-19-18(17)14-20-16-10-5-2-6-11-16/h1-6,8-11,17-18H,7,12-14H2/t17-,18-/m0/s1. The van der Waals surface area contributed by atoms with Crippen LogP contribution in [0.15, 0.2) is 60.7 Å².